The highest BCUT2D eigenvalue weighted by atomic mass is 16.5. The molecule has 0 bridgehead atoms. The molecule has 0 aliphatic heterocycles. The summed E-state index contributed by atoms with van der Waals surface area (Å²) in [6, 6.07) is 5.70. The molecule has 0 radical (unpaired) electrons. The van der Waals surface area contributed by atoms with Crippen LogP contribution in [0.25, 0.3) is 11.3 Å². The number of H-pyrrole nitrogens is 1. The Hall–Kier alpha value is -2.47. The van der Waals surface area contributed by atoms with Gasteiger partial charge in [-0.2, -0.15) is 4.98 Å². The first-order chi connectivity index (χ1) is 11.4. The van der Waals surface area contributed by atoms with Crippen LogP contribution in [0.5, 0.6) is 0 Å². The van der Waals surface area contributed by atoms with Gasteiger partial charge in [0.2, 0.25) is 0 Å². The van der Waals surface area contributed by atoms with Crippen LogP contribution in [0, 0.1) is 20.8 Å². The van der Waals surface area contributed by atoms with Crippen LogP contribution in [-0.4, -0.2) is 36.1 Å². The SMILES string of the molecule is COCCCNC(=O)c1cc(-c2c(C)cc(C)cc2C)nc(=O)[nH]1. The molecular formula is C18H23N3O3. The Morgan fingerprint density at radius 2 is 1.88 bits per heavy atom. The maximum atomic E-state index is 12.2. The van der Waals surface area contributed by atoms with E-state index in [4.69, 9.17) is 4.74 Å². The van der Waals surface area contributed by atoms with Gasteiger partial charge in [0.15, 0.2) is 0 Å². The highest BCUT2D eigenvalue weighted by Gasteiger charge is 2.13. The minimum absolute atomic E-state index is 0.210. The van der Waals surface area contributed by atoms with Crippen LogP contribution >= 0.6 is 0 Å². The summed E-state index contributed by atoms with van der Waals surface area (Å²) >= 11 is 0. The molecule has 0 aliphatic rings. The van der Waals surface area contributed by atoms with Crippen LogP contribution < -0.4 is 11.0 Å². The van der Waals surface area contributed by atoms with Crippen LogP contribution in [0.1, 0.15) is 33.6 Å². The van der Waals surface area contributed by atoms with Crippen LogP contribution in [0.2, 0.25) is 0 Å². The van der Waals surface area contributed by atoms with Crippen LogP contribution in [0.3, 0.4) is 0 Å². The fourth-order valence-electron chi connectivity index (χ4n) is 2.81. The van der Waals surface area contributed by atoms with Crippen molar-refractivity contribution in [2.24, 2.45) is 0 Å². The number of carbonyl (C=O) groups is 1. The normalized spacial score (nSPS) is 10.7. The second-order valence-corrected chi connectivity index (χ2v) is 5.86. The molecule has 0 fully saturated rings. The second kappa shape index (κ2) is 7.88. The molecule has 0 unspecified atom stereocenters. The number of methoxy groups -OCH3 is 1. The summed E-state index contributed by atoms with van der Waals surface area (Å²) in [6.07, 6.45) is 0.709. The number of carbonyl (C=O) groups excluding carboxylic acids is 1. The van der Waals surface area contributed by atoms with Gasteiger partial charge in [0.1, 0.15) is 5.69 Å². The van der Waals surface area contributed by atoms with E-state index in [1.54, 1.807) is 13.2 Å². The minimum Gasteiger partial charge on any atom is -0.385 e. The molecule has 24 heavy (non-hydrogen) atoms. The van der Waals surface area contributed by atoms with Gasteiger partial charge in [-0.1, -0.05) is 17.7 Å². The zero-order valence-corrected chi connectivity index (χ0v) is 14.5. The summed E-state index contributed by atoms with van der Waals surface area (Å²) in [6.45, 7) is 7.02. The van der Waals surface area contributed by atoms with Crippen molar-refractivity contribution in [1.29, 1.82) is 0 Å². The van der Waals surface area contributed by atoms with Crippen molar-refractivity contribution in [2.75, 3.05) is 20.3 Å². The Kier molecular flexibility index (Phi) is 5.87. The van der Waals surface area contributed by atoms with Crippen molar-refractivity contribution in [3.8, 4) is 11.3 Å². The molecule has 0 spiro atoms. The van der Waals surface area contributed by atoms with Gasteiger partial charge in [-0.25, -0.2) is 4.79 Å². The van der Waals surface area contributed by atoms with Gasteiger partial charge >= 0.3 is 5.69 Å². The molecule has 6 heteroatoms. The Morgan fingerprint density at radius 1 is 1.21 bits per heavy atom. The van der Waals surface area contributed by atoms with Gasteiger partial charge in [-0.05, 0) is 44.4 Å². The average molecular weight is 329 g/mol. The average Bonchev–Trinajstić information content (AvgIpc) is 2.50. The van der Waals surface area contributed by atoms with Crippen LogP contribution in [-0.2, 0) is 4.74 Å². The highest BCUT2D eigenvalue weighted by molar-refractivity contribution is 5.93. The first kappa shape index (κ1) is 17.9. The predicted molar refractivity (Wildman–Crippen MR) is 93.3 cm³/mol. The van der Waals surface area contributed by atoms with Gasteiger partial charge in [0.25, 0.3) is 5.91 Å². The van der Waals surface area contributed by atoms with E-state index in [-0.39, 0.29) is 11.6 Å². The zero-order chi connectivity index (χ0) is 17.7. The Bertz CT molecular complexity index is 773. The van der Waals surface area contributed by atoms with E-state index in [1.807, 2.05) is 32.9 Å². The van der Waals surface area contributed by atoms with Crippen LogP contribution in [0.4, 0.5) is 0 Å². The molecule has 2 N–H and O–H groups in total. The third-order valence-electron chi connectivity index (χ3n) is 3.73. The lowest BCUT2D eigenvalue weighted by molar-refractivity contribution is 0.0943. The van der Waals surface area contributed by atoms with E-state index in [9.17, 15) is 9.59 Å². The number of ether oxygens (including phenoxy) is 1. The first-order valence-corrected chi connectivity index (χ1v) is 7.89. The third kappa shape index (κ3) is 4.29. The number of amides is 1. The molecule has 128 valence electrons. The molecule has 0 saturated carbocycles. The molecule has 1 heterocycles. The summed E-state index contributed by atoms with van der Waals surface area (Å²) in [5.74, 6) is -0.325. The van der Waals surface area contributed by atoms with Crippen molar-refractivity contribution in [1.82, 2.24) is 15.3 Å². The number of aromatic amines is 1. The second-order valence-electron chi connectivity index (χ2n) is 5.86. The van der Waals surface area contributed by atoms with Crippen molar-refractivity contribution in [2.45, 2.75) is 27.2 Å². The molecular weight excluding hydrogens is 306 g/mol. The topological polar surface area (TPSA) is 84.1 Å². The number of aryl methyl sites for hydroxylation is 3. The third-order valence-corrected chi connectivity index (χ3v) is 3.73. The van der Waals surface area contributed by atoms with Crippen molar-refractivity contribution in [3.05, 3.63) is 51.1 Å². The molecule has 1 amide bonds. The van der Waals surface area contributed by atoms with Gasteiger partial charge in [0, 0.05) is 25.8 Å². The van der Waals surface area contributed by atoms with E-state index in [2.05, 4.69) is 15.3 Å². The molecule has 1 aromatic carbocycles. The number of hydrogen-bond donors (Lipinski definition) is 2. The van der Waals surface area contributed by atoms with Crippen LogP contribution in [0.15, 0.2) is 23.0 Å². The van der Waals surface area contributed by atoms with E-state index in [1.165, 1.54) is 0 Å². The predicted octanol–water partition coefficient (Wildman–Crippen LogP) is 2.13. The lowest BCUT2D eigenvalue weighted by Gasteiger charge is -2.11. The van der Waals surface area contributed by atoms with Gasteiger partial charge in [-0.3, -0.25) is 4.79 Å². The van der Waals surface area contributed by atoms with Gasteiger partial charge < -0.3 is 15.0 Å². The number of benzene rings is 1. The van der Waals surface area contributed by atoms with E-state index in [0.717, 1.165) is 22.3 Å². The maximum Gasteiger partial charge on any atom is 0.346 e. The Labute approximate surface area is 141 Å². The smallest absolute Gasteiger partial charge is 0.346 e. The number of aromatic nitrogens is 2. The van der Waals surface area contributed by atoms with Crippen molar-refractivity contribution >= 4 is 5.91 Å². The van der Waals surface area contributed by atoms with Crippen molar-refractivity contribution in [3.63, 3.8) is 0 Å². The Balaban J connectivity index is 2.33. The monoisotopic (exact) mass is 329 g/mol. The van der Waals surface area contributed by atoms with Gasteiger partial charge in [0.05, 0.1) is 5.69 Å². The summed E-state index contributed by atoms with van der Waals surface area (Å²) in [5, 5.41) is 2.76. The number of nitrogens with zero attached hydrogens (tertiary/aromatic N) is 1. The quantitative estimate of drug-likeness (QED) is 0.795. The van der Waals surface area contributed by atoms with Crippen molar-refractivity contribution < 1.29 is 9.53 Å². The standard InChI is InChI=1S/C18H23N3O3/c1-11-8-12(2)16(13(3)9-11)14-10-15(21-18(23)20-14)17(22)19-6-5-7-24-4/h8-10H,5-7H2,1-4H3,(H,19,22)(H,20,21,23). The maximum absolute atomic E-state index is 12.2. The van der Waals surface area contributed by atoms with E-state index < -0.39 is 5.69 Å². The number of rotatable bonds is 6. The first-order valence-electron chi connectivity index (χ1n) is 7.89. The fourth-order valence-corrected chi connectivity index (χ4v) is 2.81. The highest BCUT2D eigenvalue weighted by Crippen LogP contribution is 2.26. The lowest BCUT2D eigenvalue weighted by atomic mass is 9.97. The molecule has 0 atom stereocenters. The summed E-state index contributed by atoms with van der Waals surface area (Å²) in [5.41, 5.74) is 4.27. The molecule has 1 aromatic heterocycles. The Morgan fingerprint density at radius 3 is 2.50 bits per heavy atom. The largest absolute Gasteiger partial charge is 0.385 e. The number of nitrogens with one attached hydrogen (secondary N) is 2. The lowest BCUT2D eigenvalue weighted by Crippen LogP contribution is -2.28. The molecule has 2 rings (SSSR count). The molecule has 6 nitrogen and oxygen atoms in total. The van der Waals surface area contributed by atoms with Gasteiger partial charge in [-0.15, -0.1) is 0 Å². The van der Waals surface area contributed by atoms with E-state index >= 15 is 0 Å². The molecule has 0 aliphatic carbocycles. The summed E-state index contributed by atoms with van der Waals surface area (Å²) in [7, 11) is 1.61. The van der Waals surface area contributed by atoms with E-state index in [0.29, 0.717) is 25.3 Å². The zero-order valence-electron chi connectivity index (χ0n) is 14.5. The number of hydrogen-bond acceptors (Lipinski definition) is 4. The summed E-state index contributed by atoms with van der Waals surface area (Å²) in [4.78, 5) is 30.6. The fraction of sp³-hybridized carbons (Fsp3) is 0.389. The molecule has 0 saturated heterocycles. The minimum atomic E-state index is -0.533. The summed E-state index contributed by atoms with van der Waals surface area (Å²) < 4.78 is 4.94. The molecule has 2 aromatic rings.